The second-order valence-electron chi connectivity index (χ2n) is 4.30. The summed E-state index contributed by atoms with van der Waals surface area (Å²) in [4.78, 5) is 12.3. The molecule has 2 N–H and O–H groups in total. The van der Waals surface area contributed by atoms with Crippen molar-refractivity contribution in [3.8, 4) is 0 Å². The maximum Gasteiger partial charge on any atom is 0.255 e. The second kappa shape index (κ2) is 6.88. The topological polar surface area (TPSA) is 41.1 Å². The van der Waals surface area contributed by atoms with E-state index in [9.17, 15) is 4.79 Å². The zero-order valence-electron chi connectivity index (χ0n) is 10.9. The maximum atomic E-state index is 12.3. The fraction of sp³-hybridized carbons (Fsp3) is 0.133. The van der Waals surface area contributed by atoms with E-state index in [1.54, 1.807) is 18.2 Å². The average molecular weight is 354 g/mol. The quantitative estimate of drug-likeness (QED) is 0.870. The molecule has 1 amide bonds. The summed E-state index contributed by atoms with van der Waals surface area (Å²) in [5.74, 6) is -0.184. The normalized spacial score (nSPS) is 10.3. The summed E-state index contributed by atoms with van der Waals surface area (Å²) in [6, 6.07) is 12.8. The number of carbonyl (C=O) groups excluding carboxylic acids is 1. The number of para-hydroxylation sites is 1. The molecule has 0 aliphatic heterocycles. The van der Waals surface area contributed by atoms with E-state index in [0.29, 0.717) is 17.1 Å². The summed E-state index contributed by atoms with van der Waals surface area (Å²) in [7, 11) is 1.87. The number of halogens is 2. The Bertz CT molecular complexity index is 611. The lowest BCUT2D eigenvalue weighted by Crippen LogP contribution is -2.15. The van der Waals surface area contributed by atoms with Crippen LogP contribution in [0.1, 0.15) is 15.9 Å². The van der Waals surface area contributed by atoms with E-state index < -0.39 is 0 Å². The van der Waals surface area contributed by atoms with Crippen LogP contribution in [0.2, 0.25) is 5.02 Å². The Balaban J connectivity index is 2.23. The molecule has 0 aromatic heterocycles. The van der Waals surface area contributed by atoms with Crippen molar-refractivity contribution in [1.29, 1.82) is 0 Å². The lowest BCUT2D eigenvalue weighted by molar-refractivity contribution is 0.102. The van der Waals surface area contributed by atoms with Gasteiger partial charge in [0.25, 0.3) is 5.91 Å². The average Bonchev–Trinajstić information content (AvgIpc) is 2.40. The third-order valence-electron chi connectivity index (χ3n) is 2.76. The van der Waals surface area contributed by atoms with Gasteiger partial charge in [-0.2, -0.15) is 0 Å². The summed E-state index contributed by atoms with van der Waals surface area (Å²) in [5.41, 5.74) is 2.34. The van der Waals surface area contributed by atoms with E-state index in [0.717, 1.165) is 15.7 Å². The van der Waals surface area contributed by atoms with Crippen LogP contribution in [0.25, 0.3) is 0 Å². The Morgan fingerprint density at radius 3 is 2.70 bits per heavy atom. The predicted molar refractivity (Wildman–Crippen MR) is 86.3 cm³/mol. The van der Waals surface area contributed by atoms with Gasteiger partial charge in [0.05, 0.1) is 0 Å². The van der Waals surface area contributed by atoms with E-state index in [1.165, 1.54) is 0 Å². The first-order valence-corrected chi connectivity index (χ1v) is 7.27. The Kier molecular flexibility index (Phi) is 5.17. The lowest BCUT2D eigenvalue weighted by Gasteiger charge is -2.11. The Labute approximate surface area is 131 Å². The van der Waals surface area contributed by atoms with Gasteiger partial charge < -0.3 is 10.6 Å². The van der Waals surface area contributed by atoms with Gasteiger partial charge >= 0.3 is 0 Å². The number of rotatable bonds is 4. The Morgan fingerprint density at radius 2 is 2.00 bits per heavy atom. The van der Waals surface area contributed by atoms with Gasteiger partial charge in [-0.1, -0.05) is 45.7 Å². The molecule has 0 fully saturated rings. The summed E-state index contributed by atoms with van der Waals surface area (Å²) in [6.45, 7) is 0.690. The fourth-order valence-corrected chi connectivity index (χ4v) is 2.73. The highest BCUT2D eigenvalue weighted by Gasteiger charge is 2.10. The molecule has 0 aliphatic carbocycles. The molecule has 0 atom stereocenters. The van der Waals surface area contributed by atoms with Gasteiger partial charge in [-0.05, 0) is 36.9 Å². The molecule has 104 valence electrons. The van der Waals surface area contributed by atoms with Crippen LogP contribution in [0, 0.1) is 0 Å². The minimum atomic E-state index is -0.184. The van der Waals surface area contributed by atoms with Crippen molar-refractivity contribution in [2.45, 2.75) is 6.54 Å². The van der Waals surface area contributed by atoms with Crippen molar-refractivity contribution >= 4 is 39.1 Å². The summed E-state index contributed by atoms with van der Waals surface area (Å²) in [5, 5.41) is 6.50. The van der Waals surface area contributed by atoms with Crippen LogP contribution < -0.4 is 10.6 Å². The smallest absolute Gasteiger partial charge is 0.255 e. The lowest BCUT2D eigenvalue weighted by atomic mass is 10.1. The van der Waals surface area contributed by atoms with E-state index >= 15 is 0 Å². The number of carbonyl (C=O) groups is 1. The van der Waals surface area contributed by atoms with Gasteiger partial charge in [0.15, 0.2) is 0 Å². The highest BCUT2D eigenvalue weighted by molar-refractivity contribution is 9.10. The first-order valence-electron chi connectivity index (χ1n) is 6.10. The first kappa shape index (κ1) is 15.0. The van der Waals surface area contributed by atoms with Crippen molar-refractivity contribution in [2.24, 2.45) is 0 Å². The highest BCUT2D eigenvalue weighted by atomic mass is 79.9. The van der Waals surface area contributed by atoms with Crippen molar-refractivity contribution in [3.63, 3.8) is 0 Å². The van der Waals surface area contributed by atoms with Crippen LogP contribution in [0.5, 0.6) is 0 Å². The Hall–Kier alpha value is -1.36. The van der Waals surface area contributed by atoms with Gasteiger partial charge in [0.2, 0.25) is 0 Å². The van der Waals surface area contributed by atoms with E-state index in [-0.39, 0.29) is 5.91 Å². The first-order chi connectivity index (χ1) is 9.60. The molecule has 0 saturated carbocycles. The van der Waals surface area contributed by atoms with Crippen LogP contribution in [0.4, 0.5) is 5.69 Å². The molecule has 20 heavy (non-hydrogen) atoms. The van der Waals surface area contributed by atoms with Gasteiger partial charge in [-0.25, -0.2) is 0 Å². The predicted octanol–water partition coefficient (Wildman–Crippen LogP) is 4.07. The molecule has 0 spiro atoms. The summed E-state index contributed by atoms with van der Waals surface area (Å²) >= 11 is 9.29. The van der Waals surface area contributed by atoms with Crippen LogP contribution in [-0.4, -0.2) is 13.0 Å². The van der Waals surface area contributed by atoms with Crippen LogP contribution in [0.15, 0.2) is 46.9 Å². The largest absolute Gasteiger partial charge is 0.322 e. The fourth-order valence-electron chi connectivity index (χ4n) is 1.87. The molecule has 0 unspecified atom stereocenters. The third-order valence-corrected chi connectivity index (χ3v) is 3.43. The molecule has 3 nitrogen and oxygen atoms in total. The summed E-state index contributed by atoms with van der Waals surface area (Å²) in [6.07, 6.45) is 0. The molecule has 0 radical (unpaired) electrons. The number of anilines is 1. The number of hydrogen-bond donors (Lipinski definition) is 2. The van der Waals surface area contributed by atoms with E-state index in [2.05, 4.69) is 26.6 Å². The molecular formula is C15H14BrClN2O. The minimum absolute atomic E-state index is 0.184. The van der Waals surface area contributed by atoms with Crippen molar-refractivity contribution in [3.05, 3.63) is 63.1 Å². The second-order valence-corrected chi connectivity index (χ2v) is 5.65. The monoisotopic (exact) mass is 352 g/mol. The standard InChI is InChI=1S/C15H14BrClN2O/c1-18-9-10-4-2-3-5-14(10)19-15(20)11-6-12(16)8-13(17)7-11/h2-8,18H,9H2,1H3,(H,19,20). The van der Waals surface area contributed by atoms with Gasteiger partial charge in [0, 0.05) is 27.3 Å². The molecule has 0 aliphatic rings. The zero-order valence-corrected chi connectivity index (χ0v) is 13.3. The van der Waals surface area contributed by atoms with Gasteiger partial charge in [-0.3, -0.25) is 4.79 Å². The SMILES string of the molecule is CNCc1ccccc1NC(=O)c1cc(Cl)cc(Br)c1. The molecule has 2 aromatic rings. The third kappa shape index (κ3) is 3.82. The van der Waals surface area contributed by atoms with E-state index in [4.69, 9.17) is 11.6 Å². The minimum Gasteiger partial charge on any atom is -0.322 e. The molecule has 0 bridgehead atoms. The molecule has 0 heterocycles. The number of nitrogens with one attached hydrogen (secondary N) is 2. The highest BCUT2D eigenvalue weighted by Crippen LogP contribution is 2.21. The van der Waals surface area contributed by atoms with Crippen molar-refractivity contribution < 1.29 is 4.79 Å². The molecule has 0 saturated heterocycles. The maximum absolute atomic E-state index is 12.3. The Morgan fingerprint density at radius 1 is 1.25 bits per heavy atom. The van der Waals surface area contributed by atoms with Crippen molar-refractivity contribution in [1.82, 2.24) is 5.32 Å². The van der Waals surface area contributed by atoms with Gasteiger partial charge in [0.1, 0.15) is 0 Å². The molecule has 2 rings (SSSR count). The van der Waals surface area contributed by atoms with Gasteiger partial charge in [-0.15, -0.1) is 0 Å². The summed E-state index contributed by atoms with van der Waals surface area (Å²) < 4.78 is 0.777. The molecule has 2 aromatic carbocycles. The number of benzene rings is 2. The van der Waals surface area contributed by atoms with Crippen LogP contribution in [-0.2, 0) is 6.54 Å². The number of hydrogen-bond acceptors (Lipinski definition) is 2. The van der Waals surface area contributed by atoms with Crippen molar-refractivity contribution in [2.75, 3.05) is 12.4 Å². The molecule has 5 heteroatoms. The van der Waals surface area contributed by atoms with Crippen LogP contribution in [0.3, 0.4) is 0 Å². The number of amides is 1. The zero-order chi connectivity index (χ0) is 14.5. The van der Waals surface area contributed by atoms with E-state index in [1.807, 2.05) is 31.3 Å². The van der Waals surface area contributed by atoms with Crippen LogP contribution >= 0.6 is 27.5 Å². The molecular weight excluding hydrogens is 340 g/mol.